The molecule has 36 heavy (non-hydrogen) atoms. The van der Waals surface area contributed by atoms with Gasteiger partial charge in [0, 0.05) is 23.6 Å². The molecule has 1 aromatic heterocycles. The topological polar surface area (TPSA) is 51.5 Å². The summed E-state index contributed by atoms with van der Waals surface area (Å²) in [5, 5.41) is 2.87. The van der Waals surface area contributed by atoms with E-state index < -0.39 is 11.7 Å². The Balaban J connectivity index is 1.59. The molecule has 3 aromatic rings. The number of halogens is 3. The second-order valence-electron chi connectivity index (χ2n) is 9.45. The van der Waals surface area contributed by atoms with Gasteiger partial charge in [0.2, 0.25) is 0 Å². The zero-order valence-electron chi connectivity index (χ0n) is 20.7. The van der Waals surface area contributed by atoms with Crippen molar-refractivity contribution in [3.63, 3.8) is 0 Å². The van der Waals surface area contributed by atoms with Gasteiger partial charge in [-0.1, -0.05) is 38.3 Å². The highest BCUT2D eigenvalue weighted by Gasteiger charge is 2.32. The van der Waals surface area contributed by atoms with Crippen LogP contribution < -0.4 is 10.1 Å². The average molecular weight is 500 g/mol. The van der Waals surface area contributed by atoms with E-state index in [0.29, 0.717) is 34.9 Å². The van der Waals surface area contributed by atoms with Gasteiger partial charge in [0.25, 0.3) is 5.91 Å². The van der Waals surface area contributed by atoms with Crippen LogP contribution in [0.5, 0.6) is 5.75 Å². The zero-order chi connectivity index (χ0) is 25.7. The van der Waals surface area contributed by atoms with E-state index in [1.807, 2.05) is 19.9 Å². The van der Waals surface area contributed by atoms with E-state index in [2.05, 4.69) is 5.32 Å². The Morgan fingerprint density at radius 2 is 1.72 bits per heavy atom. The second-order valence-corrected chi connectivity index (χ2v) is 9.45. The highest BCUT2D eigenvalue weighted by Crippen LogP contribution is 2.41. The highest BCUT2D eigenvalue weighted by molar-refractivity contribution is 5.94. The van der Waals surface area contributed by atoms with Gasteiger partial charge >= 0.3 is 6.18 Å². The molecule has 1 aliphatic carbocycles. The van der Waals surface area contributed by atoms with Crippen LogP contribution in [0.2, 0.25) is 0 Å². The summed E-state index contributed by atoms with van der Waals surface area (Å²) in [6.07, 6.45) is 1.61. The fraction of sp³-hybridized carbons (Fsp3) is 0.414. The summed E-state index contributed by atoms with van der Waals surface area (Å²) in [7, 11) is 0. The third kappa shape index (κ3) is 6.12. The molecule has 7 heteroatoms. The maximum absolute atomic E-state index is 13.0. The zero-order valence-corrected chi connectivity index (χ0v) is 20.7. The summed E-state index contributed by atoms with van der Waals surface area (Å²) in [6, 6.07) is 14.0. The number of furan rings is 1. The third-order valence-electron chi connectivity index (χ3n) is 6.70. The lowest BCUT2D eigenvalue weighted by molar-refractivity contribution is -0.137. The van der Waals surface area contributed by atoms with Crippen molar-refractivity contribution in [1.29, 1.82) is 0 Å². The first-order valence-corrected chi connectivity index (χ1v) is 12.6. The van der Waals surface area contributed by atoms with E-state index in [1.165, 1.54) is 18.6 Å². The number of carbonyl (C=O) groups is 1. The molecule has 1 heterocycles. The molecular weight excluding hydrogens is 467 g/mol. The van der Waals surface area contributed by atoms with Crippen LogP contribution in [0.15, 0.2) is 59.0 Å². The summed E-state index contributed by atoms with van der Waals surface area (Å²) < 4.78 is 51.6. The van der Waals surface area contributed by atoms with E-state index in [1.54, 1.807) is 24.3 Å². The molecule has 1 atom stereocenters. The number of benzene rings is 2. The van der Waals surface area contributed by atoms with Crippen molar-refractivity contribution in [3.05, 3.63) is 77.0 Å². The summed E-state index contributed by atoms with van der Waals surface area (Å²) >= 11 is 0. The number of hydrogen-bond donors (Lipinski definition) is 1. The number of nitrogens with one attached hydrogen (secondary N) is 1. The number of carbonyl (C=O) groups excluding carboxylic acids is 1. The maximum atomic E-state index is 13.0. The van der Waals surface area contributed by atoms with Crippen LogP contribution in [0.25, 0.3) is 11.3 Å². The molecule has 4 rings (SSSR count). The van der Waals surface area contributed by atoms with Crippen LogP contribution >= 0.6 is 0 Å². The minimum absolute atomic E-state index is 0.115. The van der Waals surface area contributed by atoms with Crippen LogP contribution in [-0.4, -0.2) is 12.5 Å². The van der Waals surface area contributed by atoms with Gasteiger partial charge < -0.3 is 14.5 Å². The molecule has 0 aliphatic heterocycles. The molecule has 1 amide bonds. The Bertz CT molecular complexity index is 1140. The van der Waals surface area contributed by atoms with Gasteiger partial charge in [0.15, 0.2) is 6.10 Å². The SMILES string of the molecule is CCCNC(=O)c1ccc(OC(c2oc(-c3ccc(C(F)(F)F)cc3)cc2C)C2CCCCC2)cc1. The van der Waals surface area contributed by atoms with Crippen molar-refractivity contribution in [2.75, 3.05) is 6.54 Å². The van der Waals surface area contributed by atoms with Crippen molar-refractivity contribution in [3.8, 4) is 17.1 Å². The summed E-state index contributed by atoms with van der Waals surface area (Å²) in [5.74, 6) is 2.00. The number of hydrogen-bond acceptors (Lipinski definition) is 3. The monoisotopic (exact) mass is 499 g/mol. The molecule has 0 saturated heterocycles. The Hall–Kier alpha value is -3.22. The molecule has 1 N–H and O–H groups in total. The molecule has 0 spiro atoms. The van der Waals surface area contributed by atoms with Gasteiger partial charge in [0.1, 0.15) is 17.3 Å². The number of rotatable bonds is 8. The minimum atomic E-state index is -4.38. The Morgan fingerprint density at radius 1 is 1.06 bits per heavy atom. The molecule has 192 valence electrons. The lowest BCUT2D eigenvalue weighted by Crippen LogP contribution is -2.24. The minimum Gasteiger partial charge on any atom is -0.482 e. The molecule has 1 saturated carbocycles. The number of ether oxygens (including phenoxy) is 1. The van der Waals surface area contributed by atoms with Crippen LogP contribution in [0.4, 0.5) is 13.2 Å². The Morgan fingerprint density at radius 3 is 2.33 bits per heavy atom. The molecule has 2 aromatic carbocycles. The first-order chi connectivity index (χ1) is 17.3. The fourth-order valence-corrected chi connectivity index (χ4v) is 4.72. The van der Waals surface area contributed by atoms with Crippen LogP contribution in [0.1, 0.15) is 78.8 Å². The maximum Gasteiger partial charge on any atom is 0.416 e. The number of amides is 1. The Kier molecular flexibility index (Phi) is 8.07. The second kappa shape index (κ2) is 11.2. The van der Waals surface area contributed by atoms with E-state index in [-0.39, 0.29) is 17.9 Å². The van der Waals surface area contributed by atoms with Crippen molar-refractivity contribution >= 4 is 5.91 Å². The van der Waals surface area contributed by atoms with Crippen LogP contribution in [0, 0.1) is 12.8 Å². The summed E-state index contributed by atoms with van der Waals surface area (Å²) in [5.41, 5.74) is 1.37. The van der Waals surface area contributed by atoms with Crippen molar-refractivity contribution in [2.45, 2.75) is 64.7 Å². The smallest absolute Gasteiger partial charge is 0.416 e. The number of alkyl halides is 3. The van der Waals surface area contributed by atoms with E-state index in [9.17, 15) is 18.0 Å². The molecule has 0 bridgehead atoms. The number of aryl methyl sites for hydroxylation is 1. The van der Waals surface area contributed by atoms with E-state index in [0.717, 1.165) is 49.8 Å². The van der Waals surface area contributed by atoms with Crippen molar-refractivity contribution in [2.24, 2.45) is 5.92 Å². The van der Waals surface area contributed by atoms with Gasteiger partial charge in [-0.3, -0.25) is 4.79 Å². The van der Waals surface area contributed by atoms with Gasteiger partial charge in [0.05, 0.1) is 5.56 Å². The molecule has 4 nitrogen and oxygen atoms in total. The molecule has 1 fully saturated rings. The lowest BCUT2D eigenvalue weighted by Gasteiger charge is -2.30. The summed E-state index contributed by atoms with van der Waals surface area (Å²) in [6.45, 7) is 4.56. The van der Waals surface area contributed by atoms with Crippen molar-refractivity contribution in [1.82, 2.24) is 5.32 Å². The van der Waals surface area contributed by atoms with Gasteiger partial charge in [-0.05, 0) is 74.2 Å². The molecular formula is C29H32F3NO3. The molecule has 1 aliphatic rings. The van der Waals surface area contributed by atoms with Gasteiger partial charge in [-0.15, -0.1) is 0 Å². The first kappa shape index (κ1) is 25.9. The van der Waals surface area contributed by atoms with Crippen LogP contribution in [-0.2, 0) is 6.18 Å². The van der Waals surface area contributed by atoms with E-state index >= 15 is 0 Å². The molecule has 1 unspecified atom stereocenters. The average Bonchev–Trinajstić information content (AvgIpc) is 3.27. The van der Waals surface area contributed by atoms with Gasteiger partial charge in [-0.25, -0.2) is 0 Å². The Labute approximate surface area is 209 Å². The fourth-order valence-electron chi connectivity index (χ4n) is 4.72. The first-order valence-electron chi connectivity index (χ1n) is 12.6. The standard InChI is InChI=1S/C29H32F3NO3/c1-3-17-33-28(34)22-11-15-24(16-12-22)35-27(21-7-5-4-6-8-21)26-19(2)18-25(36-26)20-9-13-23(14-10-20)29(30,31)32/h9-16,18,21,27H,3-8,17H2,1-2H3,(H,33,34). The van der Waals surface area contributed by atoms with E-state index in [4.69, 9.17) is 9.15 Å². The van der Waals surface area contributed by atoms with Crippen molar-refractivity contribution < 1.29 is 27.1 Å². The largest absolute Gasteiger partial charge is 0.482 e. The summed E-state index contributed by atoms with van der Waals surface area (Å²) in [4.78, 5) is 12.2. The predicted octanol–water partition coefficient (Wildman–Crippen LogP) is 8.11. The van der Waals surface area contributed by atoms with Crippen LogP contribution in [0.3, 0.4) is 0 Å². The lowest BCUT2D eigenvalue weighted by atomic mass is 9.83. The van der Waals surface area contributed by atoms with Gasteiger partial charge in [-0.2, -0.15) is 13.2 Å². The highest BCUT2D eigenvalue weighted by atomic mass is 19.4. The quantitative estimate of drug-likeness (QED) is 0.341. The predicted molar refractivity (Wildman–Crippen MR) is 133 cm³/mol. The molecule has 0 radical (unpaired) electrons. The third-order valence-corrected chi connectivity index (χ3v) is 6.70. The normalized spacial score (nSPS) is 15.5.